The number of ether oxygens (including phenoxy) is 2. The zero-order valence-electron chi connectivity index (χ0n) is 24.6. The molecule has 0 aliphatic carbocycles. The molecule has 0 aliphatic heterocycles. The molecular weight excluding hydrogens is 504 g/mol. The second kappa shape index (κ2) is 17.9. The number of carbonyl (C=O) groups excluding carboxylic acids is 2. The van der Waals surface area contributed by atoms with Gasteiger partial charge in [-0.1, -0.05) is 24.3 Å². The van der Waals surface area contributed by atoms with E-state index in [4.69, 9.17) is 9.47 Å². The number of benzene rings is 2. The van der Waals surface area contributed by atoms with Gasteiger partial charge in [0.25, 0.3) is 11.8 Å². The molecule has 2 aromatic rings. The topological polar surface area (TPSA) is 83.1 Å². The molecule has 0 aliphatic rings. The minimum absolute atomic E-state index is 0.0573. The highest BCUT2D eigenvalue weighted by molar-refractivity contribution is 5.79. The summed E-state index contributed by atoms with van der Waals surface area (Å²) >= 11 is 0. The molecule has 0 spiro atoms. The minimum Gasteiger partial charge on any atom is -0.483 e. The summed E-state index contributed by atoms with van der Waals surface area (Å²) < 4.78 is 11.9. The Balaban J connectivity index is 2.15. The fourth-order valence-corrected chi connectivity index (χ4v) is 4.06. The minimum atomic E-state index is -0.157. The van der Waals surface area contributed by atoms with E-state index in [1.807, 2.05) is 64.6 Å². The number of allylic oxidation sites excluding steroid dienone is 2. The number of nitrogens with zero attached hydrogens (tertiary/aromatic N) is 2. The predicted molar refractivity (Wildman–Crippen MR) is 163 cm³/mol. The smallest absolute Gasteiger partial charge is 0.257 e. The van der Waals surface area contributed by atoms with E-state index < -0.39 is 0 Å². The van der Waals surface area contributed by atoms with E-state index in [9.17, 15) is 9.59 Å². The Hall–Kier alpha value is -3.62. The molecule has 0 aromatic heterocycles. The van der Waals surface area contributed by atoms with Gasteiger partial charge in [0.05, 0.1) is 0 Å². The van der Waals surface area contributed by atoms with Crippen LogP contribution in [0.5, 0.6) is 11.5 Å². The third-order valence-corrected chi connectivity index (χ3v) is 6.09. The second-order valence-electron chi connectivity index (χ2n) is 10.2. The molecule has 0 heterocycles. The molecule has 2 rings (SSSR count). The summed E-state index contributed by atoms with van der Waals surface area (Å²) in [6.07, 6.45) is 6.70. The fourth-order valence-electron chi connectivity index (χ4n) is 4.06. The summed E-state index contributed by atoms with van der Waals surface area (Å²) in [7, 11) is 8.03. The maximum atomic E-state index is 12.4. The first-order valence-electron chi connectivity index (χ1n) is 13.8. The van der Waals surface area contributed by atoms with Crippen molar-refractivity contribution in [3.05, 3.63) is 72.8 Å². The quantitative estimate of drug-likeness (QED) is 0.205. The standard InChI is InChI=1S/C32H46N4O4/c1-7-11-25-13-15-30(40-24-32(38)34-18-10-20-36(5)6)28(21-25)26-14-16-29(27(22-26)12-8-2)39-23-31(37)33-17-9-19-35(3)4/h7-8,13-16,21-22H,1-2,9-12,17-20,23-24H2,3-6H3,(H,33,37)(H,34,38). The van der Waals surface area contributed by atoms with Crippen LogP contribution in [0.15, 0.2) is 61.7 Å². The van der Waals surface area contributed by atoms with Gasteiger partial charge in [0.15, 0.2) is 13.2 Å². The lowest BCUT2D eigenvalue weighted by Gasteiger charge is -2.16. The first-order chi connectivity index (χ1) is 19.2. The van der Waals surface area contributed by atoms with Crippen molar-refractivity contribution >= 4 is 11.8 Å². The third-order valence-electron chi connectivity index (χ3n) is 6.09. The van der Waals surface area contributed by atoms with Crippen LogP contribution in [0.1, 0.15) is 24.0 Å². The highest BCUT2D eigenvalue weighted by Crippen LogP contribution is 2.34. The monoisotopic (exact) mass is 550 g/mol. The molecule has 2 aromatic carbocycles. The van der Waals surface area contributed by atoms with E-state index in [0.717, 1.165) is 48.2 Å². The van der Waals surface area contributed by atoms with Crippen molar-refractivity contribution in [1.82, 2.24) is 20.4 Å². The third kappa shape index (κ3) is 12.1. The Morgan fingerprint density at radius 3 is 1.88 bits per heavy atom. The summed E-state index contributed by atoms with van der Waals surface area (Å²) in [5, 5.41) is 5.81. The molecule has 0 saturated heterocycles. The molecule has 0 bridgehead atoms. The fraction of sp³-hybridized carbons (Fsp3) is 0.438. The molecule has 40 heavy (non-hydrogen) atoms. The molecule has 218 valence electrons. The van der Waals surface area contributed by atoms with Crippen molar-refractivity contribution in [2.45, 2.75) is 25.7 Å². The Bertz CT molecular complexity index is 1110. The highest BCUT2D eigenvalue weighted by Gasteiger charge is 2.14. The van der Waals surface area contributed by atoms with Gasteiger partial charge in [-0.3, -0.25) is 9.59 Å². The second-order valence-corrected chi connectivity index (χ2v) is 10.2. The van der Waals surface area contributed by atoms with Crippen LogP contribution in [0.3, 0.4) is 0 Å². The number of hydrogen-bond acceptors (Lipinski definition) is 6. The van der Waals surface area contributed by atoms with Gasteiger partial charge >= 0.3 is 0 Å². The highest BCUT2D eigenvalue weighted by atomic mass is 16.5. The normalized spacial score (nSPS) is 10.8. The summed E-state index contributed by atoms with van der Waals surface area (Å²) in [6, 6.07) is 11.8. The van der Waals surface area contributed by atoms with Crippen LogP contribution < -0.4 is 20.1 Å². The van der Waals surface area contributed by atoms with Gasteiger partial charge in [-0.2, -0.15) is 0 Å². The van der Waals surface area contributed by atoms with Crippen LogP contribution in [0, 0.1) is 0 Å². The van der Waals surface area contributed by atoms with Gasteiger partial charge < -0.3 is 29.9 Å². The first-order valence-corrected chi connectivity index (χ1v) is 13.8. The molecule has 0 fully saturated rings. The van der Waals surface area contributed by atoms with Crippen LogP contribution in [0.2, 0.25) is 0 Å². The van der Waals surface area contributed by atoms with Crippen LogP contribution in [-0.4, -0.2) is 89.2 Å². The van der Waals surface area contributed by atoms with Crippen molar-refractivity contribution in [3.63, 3.8) is 0 Å². The number of carbonyl (C=O) groups is 2. The Morgan fingerprint density at radius 2 is 1.32 bits per heavy atom. The number of nitrogens with one attached hydrogen (secondary N) is 2. The molecule has 2 amide bonds. The van der Waals surface area contributed by atoms with E-state index in [2.05, 4.69) is 39.7 Å². The average Bonchev–Trinajstić information content (AvgIpc) is 2.92. The van der Waals surface area contributed by atoms with Crippen molar-refractivity contribution < 1.29 is 19.1 Å². The van der Waals surface area contributed by atoms with E-state index in [1.165, 1.54) is 0 Å². The molecule has 8 heteroatoms. The molecule has 0 atom stereocenters. The zero-order chi connectivity index (χ0) is 29.3. The van der Waals surface area contributed by atoms with Crippen molar-refractivity contribution in [2.75, 3.05) is 67.6 Å². The maximum absolute atomic E-state index is 12.4. The van der Waals surface area contributed by atoms with Gasteiger partial charge in [-0.25, -0.2) is 0 Å². The Labute approximate surface area is 240 Å². The average molecular weight is 551 g/mol. The lowest BCUT2D eigenvalue weighted by molar-refractivity contribution is -0.123. The van der Waals surface area contributed by atoms with Gasteiger partial charge in [0.2, 0.25) is 0 Å². The molecule has 2 N–H and O–H groups in total. The van der Waals surface area contributed by atoms with Gasteiger partial charge in [0, 0.05) is 18.7 Å². The SMILES string of the molecule is C=CCc1ccc(OCC(=O)NCCCN(C)C)c(-c2ccc(OCC(=O)NCCCN(C)C)c(CC=C)c2)c1. The van der Waals surface area contributed by atoms with Crippen molar-refractivity contribution in [1.29, 1.82) is 0 Å². The zero-order valence-corrected chi connectivity index (χ0v) is 24.6. The number of amides is 2. The van der Waals surface area contributed by atoms with Crippen LogP contribution in [0.25, 0.3) is 11.1 Å². The molecule has 0 radical (unpaired) electrons. The molecule has 0 saturated carbocycles. The van der Waals surface area contributed by atoms with Crippen molar-refractivity contribution in [2.24, 2.45) is 0 Å². The summed E-state index contributed by atoms with van der Waals surface area (Å²) in [5.74, 6) is 0.941. The van der Waals surface area contributed by atoms with Crippen molar-refractivity contribution in [3.8, 4) is 22.6 Å². The van der Waals surface area contributed by atoms with Gasteiger partial charge in [0.1, 0.15) is 11.5 Å². The summed E-state index contributed by atoms with van der Waals surface area (Å²) in [5.41, 5.74) is 3.79. The lowest BCUT2D eigenvalue weighted by atomic mass is 9.97. The molecular formula is C32H46N4O4. The van der Waals surface area contributed by atoms with Crippen LogP contribution in [-0.2, 0) is 22.4 Å². The Morgan fingerprint density at radius 1 is 0.775 bits per heavy atom. The largest absolute Gasteiger partial charge is 0.483 e. The van der Waals surface area contributed by atoms with Gasteiger partial charge in [-0.15, -0.1) is 13.2 Å². The van der Waals surface area contributed by atoms with Crippen LogP contribution in [0.4, 0.5) is 0 Å². The predicted octanol–water partition coefficient (Wildman–Crippen LogP) is 3.70. The Kier molecular flexibility index (Phi) is 14.6. The number of hydrogen-bond donors (Lipinski definition) is 2. The lowest BCUT2D eigenvalue weighted by Crippen LogP contribution is -2.31. The first kappa shape index (κ1) is 32.6. The molecule has 0 unspecified atom stereocenters. The molecule has 8 nitrogen and oxygen atoms in total. The van der Waals surface area contributed by atoms with Crippen LogP contribution >= 0.6 is 0 Å². The van der Waals surface area contributed by atoms with E-state index in [0.29, 0.717) is 37.4 Å². The van der Waals surface area contributed by atoms with E-state index >= 15 is 0 Å². The number of rotatable bonds is 19. The summed E-state index contributed by atoms with van der Waals surface area (Å²) in [4.78, 5) is 28.8. The summed E-state index contributed by atoms with van der Waals surface area (Å²) in [6.45, 7) is 10.6. The van der Waals surface area contributed by atoms with E-state index in [1.54, 1.807) is 6.08 Å². The van der Waals surface area contributed by atoms with Gasteiger partial charge in [-0.05, 0) is 108 Å². The van der Waals surface area contributed by atoms with E-state index in [-0.39, 0.29) is 25.0 Å². The maximum Gasteiger partial charge on any atom is 0.257 e.